The van der Waals surface area contributed by atoms with Gasteiger partial charge in [-0.1, -0.05) is 13.2 Å². The van der Waals surface area contributed by atoms with Gasteiger partial charge in [0, 0.05) is 18.2 Å². The monoisotopic (exact) mass is 180 g/mol. The van der Waals surface area contributed by atoms with Crippen LogP contribution in [0.1, 0.15) is 0 Å². The van der Waals surface area contributed by atoms with E-state index in [1.807, 2.05) is 0 Å². The fourth-order valence-electron chi connectivity index (χ4n) is 0.520. The number of amides is 2. The number of primary amides is 1. The van der Waals surface area contributed by atoms with Crippen LogP contribution in [0.4, 0.5) is 0 Å². The Labute approximate surface area is 76.8 Å². The molecule has 13 heavy (non-hydrogen) atoms. The highest BCUT2D eigenvalue weighted by Gasteiger charge is 2.00. The Morgan fingerprint density at radius 2 is 1.69 bits per heavy atom. The summed E-state index contributed by atoms with van der Waals surface area (Å²) in [6.07, 6.45) is 2.73. The number of hydrogen-bond acceptors (Lipinski definition) is 2. The Morgan fingerprint density at radius 3 is 2.08 bits per heavy atom. The van der Waals surface area contributed by atoms with Crippen molar-refractivity contribution in [3.05, 3.63) is 36.5 Å². The minimum absolute atomic E-state index is 0.130. The molecule has 0 aliphatic heterocycles. The molecule has 70 valence electrons. The van der Waals surface area contributed by atoms with E-state index < -0.39 is 5.91 Å². The van der Waals surface area contributed by atoms with E-state index in [-0.39, 0.29) is 17.1 Å². The number of likely N-dealkylation sites (N-methyl/N-ethyl adjacent to an activating group) is 1. The van der Waals surface area contributed by atoms with Crippen molar-refractivity contribution in [2.24, 2.45) is 5.73 Å². The Bertz CT molecular complexity index is 290. The van der Waals surface area contributed by atoms with Gasteiger partial charge in [-0.2, -0.15) is 0 Å². The van der Waals surface area contributed by atoms with Gasteiger partial charge in [0.05, 0.1) is 0 Å². The van der Waals surface area contributed by atoms with E-state index in [0.717, 1.165) is 0 Å². The van der Waals surface area contributed by atoms with Crippen LogP contribution in [0.3, 0.4) is 0 Å². The molecule has 3 N–H and O–H groups in total. The molecule has 0 aliphatic rings. The van der Waals surface area contributed by atoms with Crippen molar-refractivity contribution in [1.82, 2.24) is 5.32 Å². The molecule has 4 heteroatoms. The maximum Gasteiger partial charge on any atom is 0.250 e. The Kier molecular flexibility index (Phi) is 4.23. The Hall–Kier alpha value is -1.84. The second-order valence-corrected chi connectivity index (χ2v) is 2.33. The molecule has 0 saturated heterocycles. The molecule has 0 fully saturated rings. The van der Waals surface area contributed by atoms with Crippen molar-refractivity contribution in [3.63, 3.8) is 0 Å². The molecule has 0 spiro atoms. The lowest BCUT2D eigenvalue weighted by molar-refractivity contribution is -0.117. The first kappa shape index (κ1) is 11.2. The third-order valence-electron chi connectivity index (χ3n) is 1.32. The topological polar surface area (TPSA) is 72.2 Å². The standard InChI is InChI=1S/C9H12N2O2/c1-6(8(10)12)4-5-7(2)9(13)11-3/h4-5H,1-2H2,3H3,(H2,10,12)(H,11,13)/b5-4-. The van der Waals surface area contributed by atoms with E-state index in [4.69, 9.17) is 5.73 Å². The predicted molar refractivity (Wildman–Crippen MR) is 50.7 cm³/mol. The van der Waals surface area contributed by atoms with Gasteiger partial charge >= 0.3 is 0 Å². The summed E-state index contributed by atoms with van der Waals surface area (Å²) >= 11 is 0. The zero-order valence-electron chi connectivity index (χ0n) is 7.46. The highest BCUT2D eigenvalue weighted by Crippen LogP contribution is 1.97. The molecule has 0 aliphatic carbocycles. The molecule has 0 radical (unpaired) electrons. The summed E-state index contributed by atoms with van der Waals surface area (Å²) in [5.41, 5.74) is 5.28. The van der Waals surface area contributed by atoms with E-state index in [0.29, 0.717) is 0 Å². The molecule has 4 nitrogen and oxygen atoms in total. The summed E-state index contributed by atoms with van der Waals surface area (Å²) in [6.45, 7) is 6.84. The van der Waals surface area contributed by atoms with Crippen LogP contribution < -0.4 is 11.1 Å². The van der Waals surface area contributed by atoms with Crippen LogP contribution in [0.25, 0.3) is 0 Å². The van der Waals surface area contributed by atoms with Crippen molar-refractivity contribution in [1.29, 1.82) is 0 Å². The first-order chi connectivity index (χ1) is 5.99. The average Bonchev–Trinajstić information content (AvgIpc) is 2.11. The summed E-state index contributed by atoms with van der Waals surface area (Å²) in [4.78, 5) is 21.4. The highest BCUT2D eigenvalue weighted by atomic mass is 16.2. The van der Waals surface area contributed by atoms with Gasteiger partial charge in [-0.15, -0.1) is 0 Å². The molecule has 0 heterocycles. The zero-order valence-corrected chi connectivity index (χ0v) is 7.46. The molecular weight excluding hydrogens is 168 g/mol. The molecule has 0 unspecified atom stereocenters. The zero-order chi connectivity index (χ0) is 10.4. The van der Waals surface area contributed by atoms with Gasteiger partial charge in [0.1, 0.15) is 0 Å². The second-order valence-electron chi connectivity index (χ2n) is 2.33. The van der Waals surface area contributed by atoms with Gasteiger partial charge in [0.2, 0.25) is 11.8 Å². The van der Waals surface area contributed by atoms with Gasteiger partial charge in [-0.05, 0) is 12.2 Å². The van der Waals surface area contributed by atoms with E-state index in [2.05, 4.69) is 18.5 Å². The second kappa shape index (κ2) is 4.92. The van der Waals surface area contributed by atoms with Crippen LogP contribution in [-0.4, -0.2) is 18.9 Å². The maximum absolute atomic E-state index is 10.9. The summed E-state index contributed by atoms with van der Waals surface area (Å²) in [5.74, 6) is -0.936. The lowest BCUT2D eigenvalue weighted by atomic mass is 10.2. The quantitative estimate of drug-likeness (QED) is 0.468. The Morgan fingerprint density at radius 1 is 1.23 bits per heavy atom. The van der Waals surface area contributed by atoms with Gasteiger partial charge in [-0.25, -0.2) is 0 Å². The molecule has 0 aromatic rings. The van der Waals surface area contributed by atoms with Crippen molar-refractivity contribution >= 4 is 11.8 Å². The first-order valence-electron chi connectivity index (χ1n) is 3.56. The van der Waals surface area contributed by atoms with Crippen LogP contribution in [-0.2, 0) is 9.59 Å². The number of carbonyl (C=O) groups excluding carboxylic acids is 2. The molecule has 0 aromatic heterocycles. The minimum atomic E-state index is -0.624. The lowest BCUT2D eigenvalue weighted by Crippen LogP contribution is -2.18. The number of rotatable bonds is 4. The fraction of sp³-hybridized carbons (Fsp3) is 0.111. The largest absolute Gasteiger partial charge is 0.366 e. The van der Waals surface area contributed by atoms with Crippen molar-refractivity contribution in [2.45, 2.75) is 0 Å². The van der Waals surface area contributed by atoms with Gasteiger partial charge in [-0.3, -0.25) is 9.59 Å². The first-order valence-corrected chi connectivity index (χ1v) is 3.56. The van der Waals surface area contributed by atoms with Gasteiger partial charge in [0.25, 0.3) is 0 Å². The van der Waals surface area contributed by atoms with Crippen LogP contribution >= 0.6 is 0 Å². The third-order valence-corrected chi connectivity index (χ3v) is 1.32. The van der Waals surface area contributed by atoms with E-state index in [1.54, 1.807) is 0 Å². The molecule has 2 amide bonds. The van der Waals surface area contributed by atoms with Crippen molar-refractivity contribution in [2.75, 3.05) is 7.05 Å². The fourth-order valence-corrected chi connectivity index (χ4v) is 0.520. The molecule has 0 saturated carbocycles. The third kappa shape index (κ3) is 3.91. The highest BCUT2D eigenvalue weighted by molar-refractivity contribution is 5.97. The summed E-state index contributed by atoms with van der Waals surface area (Å²) < 4.78 is 0. The van der Waals surface area contributed by atoms with Gasteiger partial charge in [0.15, 0.2) is 0 Å². The summed E-state index contributed by atoms with van der Waals surface area (Å²) in [7, 11) is 1.49. The number of carbonyl (C=O) groups is 2. The average molecular weight is 180 g/mol. The minimum Gasteiger partial charge on any atom is -0.366 e. The number of nitrogens with one attached hydrogen (secondary N) is 1. The van der Waals surface area contributed by atoms with Crippen molar-refractivity contribution < 1.29 is 9.59 Å². The predicted octanol–water partition coefficient (Wildman–Crippen LogP) is -0.114. The van der Waals surface area contributed by atoms with Crippen LogP contribution in [0.5, 0.6) is 0 Å². The Balaban J connectivity index is 4.29. The van der Waals surface area contributed by atoms with E-state index >= 15 is 0 Å². The number of nitrogens with two attached hydrogens (primary N) is 1. The van der Waals surface area contributed by atoms with Crippen molar-refractivity contribution in [3.8, 4) is 0 Å². The molecule has 0 bridgehead atoms. The maximum atomic E-state index is 10.9. The molecular formula is C9H12N2O2. The number of hydrogen-bond donors (Lipinski definition) is 2. The molecule has 0 aromatic carbocycles. The molecule has 0 rings (SSSR count). The van der Waals surface area contributed by atoms with Crippen LogP contribution in [0, 0.1) is 0 Å². The normalized spacial score (nSPS) is 9.62. The SMILES string of the molecule is C=C(/C=C\C(=C)C(=O)NC)C(N)=O. The lowest BCUT2D eigenvalue weighted by Gasteiger charge is -1.96. The van der Waals surface area contributed by atoms with Crippen LogP contribution in [0.2, 0.25) is 0 Å². The van der Waals surface area contributed by atoms with Gasteiger partial charge < -0.3 is 11.1 Å². The van der Waals surface area contributed by atoms with Crippen LogP contribution in [0.15, 0.2) is 36.5 Å². The summed E-state index contributed by atoms with van der Waals surface area (Å²) in [6, 6.07) is 0. The summed E-state index contributed by atoms with van der Waals surface area (Å²) in [5, 5.41) is 2.38. The van der Waals surface area contributed by atoms with E-state index in [1.165, 1.54) is 19.2 Å². The smallest absolute Gasteiger partial charge is 0.250 e. The molecule has 0 atom stereocenters. The van der Waals surface area contributed by atoms with E-state index in [9.17, 15) is 9.59 Å².